The average molecular weight is 292 g/mol. The molecule has 0 bridgehead atoms. The van der Waals surface area contributed by atoms with E-state index in [0.29, 0.717) is 22.6 Å². The number of nitrogens with zero attached hydrogens (tertiary/aromatic N) is 1. The molecule has 0 aliphatic heterocycles. The van der Waals surface area contributed by atoms with Crippen molar-refractivity contribution in [3.05, 3.63) is 27.4 Å². The van der Waals surface area contributed by atoms with Crippen LogP contribution < -0.4 is 5.56 Å². The summed E-state index contributed by atoms with van der Waals surface area (Å²) in [7, 11) is 0. The molecule has 1 aromatic rings. The maximum Gasteiger partial charge on any atom is 0.303 e. The molecule has 0 amide bonds. The third kappa shape index (κ3) is 3.93. The van der Waals surface area contributed by atoms with E-state index in [1.54, 1.807) is 6.92 Å². The Labute approximate surface area is 124 Å². The summed E-state index contributed by atoms with van der Waals surface area (Å²) in [4.78, 5) is 30.2. The van der Waals surface area contributed by atoms with Crippen molar-refractivity contribution in [2.45, 2.75) is 65.2 Å². The molecule has 2 N–H and O–H groups in total. The van der Waals surface area contributed by atoms with Crippen LogP contribution in [0.4, 0.5) is 0 Å². The van der Waals surface area contributed by atoms with E-state index < -0.39 is 5.97 Å². The van der Waals surface area contributed by atoms with Crippen LogP contribution in [0.25, 0.3) is 0 Å². The zero-order valence-electron chi connectivity index (χ0n) is 13.0. The molecule has 1 heterocycles. The molecule has 21 heavy (non-hydrogen) atoms. The van der Waals surface area contributed by atoms with Crippen LogP contribution in [0.2, 0.25) is 0 Å². The monoisotopic (exact) mass is 292 g/mol. The molecular formula is C16H24N2O3. The molecule has 0 saturated heterocycles. The van der Waals surface area contributed by atoms with Crippen LogP contribution in [0.15, 0.2) is 4.79 Å². The molecule has 5 nitrogen and oxygen atoms in total. The van der Waals surface area contributed by atoms with Crippen molar-refractivity contribution >= 4 is 5.97 Å². The Bertz CT molecular complexity index is 580. The number of carboxylic acid groups (broad SMARTS) is 1. The van der Waals surface area contributed by atoms with Crippen molar-refractivity contribution in [1.82, 2.24) is 9.97 Å². The summed E-state index contributed by atoms with van der Waals surface area (Å²) >= 11 is 0. The summed E-state index contributed by atoms with van der Waals surface area (Å²) in [5.74, 6) is 0.192. The number of carboxylic acids is 1. The predicted octanol–water partition coefficient (Wildman–Crippen LogP) is 2.78. The molecular weight excluding hydrogens is 268 g/mol. The van der Waals surface area contributed by atoms with Gasteiger partial charge in [0.15, 0.2) is 0 Å². The number of rotatable bonds is 4. The molecule has 1 aromatic heterocycles. The van der Waals surface area contributed by atoms with Gasteiger partial charge in [-0.3, -0.25) is 9.59 Å². The van der Waals surface area contributed by atoms with E-state index in [4.69, 9.17) is 5.11 Å². The highest BCUT2D eigenvalue weighted by Gasteiger charge is 2.29. The molecule has 1 fully saturated rings. The fraction of sp³-hybridized carbons (Fsp3) is 0.688. The number of H-pyrrole nitrogens is 1. The number of aryl methyl sites for hydroxylation is 1. The molecule has 0 spiro atoms. The molecule has 1 aliphatic carbocycles. The van der Waals surface area contributed by atoms with E-state index in [0.717, 1.165) is 31.5 Å². The van der Waals surface area contributed by atoms with E-state index in [1.165, 1.54) is 0 Å². The summed E-state index contributed by atoms with van der Waals surface area (Å²) in [6, 6.07) is 0. The smallest absolute Gasteiger partial charge is 0.303 e. The van der Waals surface area contributed by atoms with Crippen molar-refractivity contribution in [2.24, 2.45) is 5.41 Å². The van der Waals surface area contributed by atoms with Gasteiger partial charge in [0.1, 0.15) is 5.82 Å². The van der Waals surface area contributed by atoms with E-state index in [9.17, 15) is 9.59 Å². The van der Waals surface area contributed by atoms with Crippen LogP contribution in [0.3, 0.4) is 0 Å². The summed E-state index contributed by atoms with van der Waals surface area (Å²) in [6.45, 7) is 6.35. The molecule has 0 atom stereocenters. The third-order valence-corrected chi connectivity index (χ3v) is 4.56. The molecule has 0 aromatic carbocycles. The van der Waals surface area contributed by atoms with E-state index in [1.807, 2.05) is 0 Å². The second-order valence-electron chi connectivity index (χ2n) is 6.85. The number of hydrogen-bond donors (Lipinski definition) is 2. The van der Waals surface area contributed by atoms with E-state index in [2.05, 4.69) is 23.8 Å². The highest BCUT2D eigenvalue weighted by molar-refractivity contribution is 5.67. The van der Waals surface area contributed by atoms with Gasteiger partial charge in [-0.25, -0.2) is 4.98 Å². The molecule has 1 saturated carbocycles. The number of aromatic amines is 1. The van der Waals surface area contributed by atoms with Crippen molar-refractivity contribution in [1.29, 1.82) is 0 Å². The molecule has 2 rings (SSSR count). The van der Waals surface area contributed by atoms with Gasteiger partial charge < -0.3 is 10.1 Å². The van der Waals surface area contributed by atoms with Crippen molar-refractivity contribution in [3.63, 3.8) is 0 Å². The number of aromatic nitrogens is 2. The lowest BCUT2D eigenvalue weighted by molar-refractivity contribution is -0.136. The lowest BCUT2D eigenvalue weighted by Gasteiger charge is -2.33. The summed E-state index contributed by atoms with van der Waals surface area (Å²) in [6.07, 6.45) is 4.57. The number of carbonyl (C=O) groups is 1. The Morgan fingerprint density at radius 1 is 1.38 bits per heavy atom. The maximum atomic E-state index is 12.2. The van der Waals surface area contributed by atoms with Gasteiger partial charge in [0, 0.05) is 23.6 Å². The van der Waals surface area contributed by atoms with Gasteiger partial charge in [0.2, 0.25) is 0 Å². The first-order valence-electron chi connectivity index (χ1n) is 7.60. The van der Waals surface area contributed by atoms with Crippen molar-refractivity contribution in [2.75, 3.05) is 0 Å². The summed E-state index contributed by atoms with van der Waals surface area (Å²) in [5.41, 5.74) is 1.37. The van der Waals surface area contributed by atoms with Gasteiger partial charge in [0.25, 0.3) is 5.56 Å². The highest BCUT2D eigenvalue weighted by atomic mass is 16.4. The fourth-order valence-corrected chi connectivity index (χ4v) is 3.02. The Morgan fingerprint density at radius 3 is 2.52 bits per heavy atom. The first-order chi connectivity index (χ1) is 9.78. The molecule has 0 unspecified atom stereocenters. The molecule has 116 valence electrons. The zero-order valence-corrected chi connectivity index (χ0v) is 13.0. The minimum Gasteiger partial charge on any atom is -0.481 e. The standard InChI is InChI=1S/C16H24N2O3/c1-10-12(4-5-13(19)20)15(21)18-14(17-10)11-6-8-16(2,3)9-7-11/h11H,4-9H2,1-3H3,(H,19,20)(H,17,18,21). The fourth-order valence-electron chi connectivity index (χ4n) is 3.02. The van der Waals surface area contributed by atoms with Gasteiger partial charge >= 0.3 is 5.97 Å². The van der Waals surface area contributed by atoms with E-state index >= 15 is 0 Å². The van der Waals surface area contributed by atoms with Crippen molar-refractivity contribution < 1.29 is 9.90 Å². The van der Waals surface area contributed by atoms with E-state index in [-0.39, 0.29) is 18.4 Å². The summed E-state index contributed by atoms with van der Waals surface area (Å²) < 4.78 is 0. The van der Waals surface area contributed by atoms with Gasteiger partial charge in [0.05, 0.1) is 0 Å². The molecule has 5 heteroatoms. The van der Waals surface area contributed by atoms with Crippen LogP contribution in [-0.2, 0) is 11.2 Å². The van der Waals surface area contributed by atoms with Crippen LogP contribution in [0.5, 0.6) is 0 Å². The number of aliphatic carboxylic acids is 1. The Hall–Kier alpha value is -1.65. The minimum absolute atomic E-state index is 0.0391. The zero-order chi connectivity index (χ0) is 15.6. The molecule has 0 radical (unpaired) electrons. The van der Waals surface area contributed by atoms with Crippen LogP contribution in [0.1, 0.15) is 69.0 Å². The first-order valence-corrected chi connectivity index (χ1v) is 7.60. The maximum absolute atomic E-state index is 12.2. The molecule has 1 aliphatic rings. The minimum atomic E-state index is -0.896. The lowest BCUT2D eigenvalue weighted by atomic mass is 9.73. The Balaban J connectivity index is 2.16. The van der Waals surface area contributed by atoms with Gasteiger partial charge in [-0.1, -0.05) is 13.8 Å². The second kappa shape index (κ2) is 6.00. The van der Waals surface area contributed by atoms with Gasteiger partial charge in [-0.15, -0.1) is 0 Å². The van der Waals surface area contributed by atoms with Crippen LogP contribution in [0, 0.1) is 12.3 Å². The van der Waals surface area contributed by atoms with Crippen LogP contribution in [-0.4, -0.2) is 21.0 Å². The Kier molecular flexibility index (Phi) is 4.49. The highest BCUT2D eigenvalue weighted by Crippen LogP contribution is 2.41. The quantitative estimate of drug-likeness (QED) is 0.894. The lowest BCUT2D eigenvalue weighted by Crippen LogP contribution is -2.25. The second-order valence-corrected chi connectivity index (χ2v) is 6.85. The largest absolute Gasteiger partial charge is 0.481 e. The Morgan fingerprint density at radius 2 is 2.00 bits per heavy atom. The SMILES string of the molecule is Cc1nc(C2CCC(C)(C)CC2)[nH]c(=O)c1CCC(=O)O. The van der Waals surface area contributed by atoms with Gasteiger partial charge in [-0.2, -0.15) is 0 Å². The van der Waals surface area contributed by atoms with Gasteiger partial charge in [-0.05, 0) is 44.4 Å². The topological polar surface area (TPSA) is 83.0 Å². The summed E-state index contributed by atoms with van der Waals surface area (Å²) in [5, 5.41) is 8.73. The van der Waals surface area contributed by atoms with Crippen molar-refractivity contribution in [3.8, 4) is 0 Å². The normalized spacial score (nSPS) is 18.6. The average Bonchev–Trinajstić information content (AvgIpc) is 2.37. The number of nitrogens with one attached hydrogen (secondary N) is 1. The predicted molar refractivity (Wildman–Crippen MR) is 80.5 cm³/mol. The number of hydrogen-bond acceptors (Lipinski definition) is 3. The van der Waals surface area contributed by atoms with Crippen LogP contribution >= 0.6 is 0 Å². The third-order valence-electron chi connectivity index (χ3n) is 4.56. The first kappa shape index (κ1) is 15.7.